The molecule has 0 amide bonds. The van der Waals surface area contributed by atoms with Crippen LogP contribution in [0.4, 0.5) is 0 Å². The minimum atomic E-state index is 0.325. The summed E-state index contributed by atoms with van der Waals surface area (Å²) in [5.41, 5.74) is 4.53. The smallest absolute Gasteiger partial charge is 0.125 e. The molecule has 4 fully saturated rings. The third-order valence-electron chi connectivity index (χ3n) is 7.62. The average molecular weight is 326 g/mol. The minimum absolute atomic E-state index is 0.325. The largest absolute Gasteiger partial charge is 0.490 e. The van der Waals surface area contributed by atoms with E-state index in [1.807, 2.05) is 0 Å². The van der Waals surface area contributed by atoms with Crippen molar-refractivity contribution in [2.75, 3.05) is 13.2 Å². The fourth-order valence-electron chi connectivity index (χ4n) is 6.39. The minimum Gasteiger partial charge on any atom is -0.490 e. The van der Waals surface area contributed by atoms with Gasteiger partial charge in [-0.05, 0) is 91.7 Å². The Morgan fingerprint density at radius 2 is 1.67 bits per heavy atom. The van der Waals surface area contributed by atoms with Gasteiger partial charge in [0.05, 0.1) is 6.61 Å². The third-order valence-corrected chi connectivity index (χ3v) is 7.62. The SMILES string of the molecule is Cc1cc(C2(C)CC3C4CCC(C4)C3C2)cc(C)c1OCC1CO1. The molecule has 1 heterocycles. The molecule has 0 spiro atoms. The monoisotopic (exact) mass is 326 g/mol. The van der Waals surface area contributed by atoms with E-state index >= 15 is 0 Å². The van der Waals surface area contributed by atoms with Gasteiger partial charge in [-0.2, -0.15) is 0 Å². The second-order valence-corrected chi connectivity index (χ2v) is 9.34. The van der Waals surface area contributed by atoms with Crippen LogP contribution in [-0.4, -0.2) is 19.3 Å². The first kappa shape index (κ1) is 15.3. The number of fused-ring (bicyclic) bond motifs is 5. The number of hydrogen-bond acceptors (Lipinski definition) is 2. The Morgan fingerprint density at radius 1 is 1.08 bits per heavy atom. The molecule has 1 aromatic carbocycles. The van der Waals surface area contributed by atoms with Gasteiger partial charge < -0.3 is 9.47 Å². The number of ether oxygens (including phenoxy) is 2. The van der Waals surface area contributed by atoms with E-state index in [1.54, 1.807) is 12.0 Å². The molecule has 2 bridgehead atoms. The van der Waals surface area contributed by atoms with Crippen LogP contribution in [0.15, 0.2) is 12.1 Å². The van der Waals surface area contributed by atoms with E-state index in [4.69, 9.17) is 9.47 Å². The predicted octanol–water partition coefficient (Wildman–Crippen LogP) is 4.79. The van der Waals surface area contributed by atoms with Gasteiger partial charge in [-0.1, -0.05) is 19.1 Å². The Bertz CT molecular complexity index is 619. The van der Waals surface area contributed by atoms with Crippen LogP contribution >= 0.6 is 0 Å². The lowest BCUT2D eigenvalue weighted by molar-refractivity contribution is 0.259. The highest BCUT2D eigenvalue weighted by Crippen LogP contribution is 2.63. The fourth-order valence-corrected chi connectivity index (χ4v) is 6.39. The van der Waals surface area contributed by atoms with Crippen LogP contribution in [0.3, 0.4) is 0 Å². The van der Waals surface area contributed by atoms with Crippen molar-refractivity contribution in [3.8, 4) is 5.75 Å². The van der Waals surface area contributed by atoms with Gasteiger partial charge in [-0.15, -0.1) is 0 Å². The van der Waals surface area contributed by atoms with Gasteiger partial charge in [0, 0.05) is 0 Å². The van der Waals surface area contributed by atoms with Crippen LogP contribution in [0.25, 0.3) is 0 Å². The van der Waals surface area contributed by atoms with Gasteiger partial charge in [0.2, 0.25) is 0 Å². The molecule has 130 valence electrons. The van der Waals surface area contributed by atoms with E-state index in [0.717, 1.165) is 36.0 Å². The lowest BCUT2D eigenvalue weighted by atomic mass is 9.77. The maximum atomic E-state index is 6.04. The van der Waals surface area contributed by atoms with Gasteiger partial charge >= 0.3 is 0 Å². The molecule has 24 heavy (non-hydrogen) atoms. The molecule has 2 nitrogen and oxygen atoms in total. The summed E-state index contributed by atoms with van der Waals surface area (Å²) < 4.78 is 11.3. The highest BCUT2D eigenvalue weighted by atomic mass is 16.6. The normalized spacial score (nSPS) is 42.4. The topological polar surface area (TPSA) is 21.8 Å². The Balaban J connectivity index is 1.40. The standard InChI is InChI=1S/C22H30O2/c1-13-6-17(7-14(2)21(13)24-12-18-11-23-18)22(3)9-19-15-4-5-16(8-15)20(19)10-22/h6-7,15-16,18-20H,4-5,8-12H2,1-3H3. The number of hydrogen-bond donors (Lipinski definition) is 0. The van der Waals surface area contributed by atoms with Crippen molar-refractivity contribution in [3.63, 3.8) is 0 Å². The summed E-state index contributed by atoms with van der Waals surface area (Å²) in [5, 5.41) is 0. The summed E-state index contributed by atoms with van der Waals surface area (Å²) >= 11 is 0. The molecule has 4 aliphatic rings. The van der Waals surface area contributed by atoms with Crippen LogP contribution in [0, 0.1) is 37.5 Å². The highest BCUT2D eigenvalue weighted by molar-refractivity contribution is 5.46. The molecule has 3 saturated carbocycles. The molecule has 2 heteroatoms. The summed E-state index contributed by atoms with van der Waals surface area (Å²) in [6.45, 7) is 8.51. The molecule has 5 unspecified atom stereocenters. The van der Waals surface area contributed by atoms with Crippen molar-refractivity contribution < 1.29 is 9.47 Å². The molecule has 5 rings (SSSR count). The molecule has 0 N–H and O–H groups in total. The quantitative estimate of drug-likeness (QED) is 0.742. The summed E-state index contributed by atoms with van der Waals surface area (Å²) in [6.07, 6.45) is 7.71. The van der Waals surface area contributed by atoms with Gasteiger partial charge in [-0.3, -0.25) is 0 Å². The van der Waals surface area contributed by atoms with Gasteiger partial charge in [0.1, 0.15) is 18.5 Å². The zero-order valence-electron chi connectivity index (χ0n) is 15.3. The average Bonchev–Trinajstić information content (AvgIpc) is 2.99. The van der Waals surface area contributed by atoms with E-state index in [2.05, 4.69) is 32.9 Å². The Morgan fingerprint density at radius 3 is 2.21 bits per heavy atom. The molecule has 0 aromatic heterocycles. The van der Waals surface area contributed by atoms with Crippen molar-refractivity contribution in [2.24, 2.45) is 23.7 Å². The Kier molecular flexibility index (Phi) is 3.33. The molecular formula is C22H30O2. The van der Waals surface area contributed by atoms with Gasteiger partial charge in [0.25, 0.3) is 0 Å². The number of rotatable bonds is 4. The summed E-state index contributed by atoms with van der Waals surface area (Å²) in [5.74, 6) is 5.20. The summed E-state index contributed by atoms with van der Waals surface area (Å²) in [4.78, 5) is 0. The second-order valence-electron chi connectivity index (χ2n) is 9.34. The van der Waals surface area contributed by atoms with E-state index in [0.29, 0.717) is 18.1 Å². The maximum Gasteiger partial charge on any atom is 0.125 e. The Labute approximate surface area is 145 Å². The second kappa shape index (κ2) is 5.24. The molecule has 3 aliphatic carbocycles. The lowest BCUT2D eigenvalue weighted by Gasteiger charge is -2.28. The lowest BCUT2D eigenvalue weighted by Crippen LogP contribution is -2.20. The maximum absolute atomic E-state index is 6.04. The first-order chi connectivity index (χ1) is 11.5. The van der Waals surface area contributed by atoms with E-state index in [9.17, 15) is 0 Å². The molecule has 0 radical (unpaired) electrons. The zero-order valence-corrected chi connectivity index (χ0v) is 15.3. The summed E-state index contributed by atoms with van der Waals surface area (Å²) in [7, 11) is 0. The third kappa shape index (κ3) is 2.33. The van der Waals surface area contributed by atoms with E-state index < -0.39 is 0 Å². The van der Waals surface area contributed by atoms with Crippen LogP contribution in [0.2, 0.25) is 0 Å². The Hall–Kier alpha value is -1.02. The number of epoxide rings is 1. The van der Waals surface area contributed by atoms with E-state index in [1.165, 1.54) is 36.8 Å². The van der Waals surface area contributed by atoms with Crippen molar-refractivity contribution >= 4 is 0 Å². The zero-order chi connectivity index (χ0) is 16.5. The molecule has 1 saturated heterocycles. The van der Waals surface area contributed by atoms with Crippen molar-refractivity contribution in [1.82, 2.24) is 0 Å². The first-order valence-corrected chi connectivity index (χ1v) is 9.89. The van der Waals surface area contributed by atoms with Crippen molar-refractivity contribution in [1.29, 1.82) is 0 Å². The van der Waals surface area contributed by atoms with E-state index in [-0.39, 0.29) is 0 Å². The van der Waals surface area contributed by atoms with Crippen LogP contribution in [-0.2, 0) is 10.2 Å². The van der Waals surface area contributed by atoms with Crippen LogP contribution in [0.5, 0.6) is 5.75 Å². The molecule has 1 aliphatic heterocycles. The predicted molar refractivity (Wildman–Crippen MR) is 95.5 cm³/mol. The first-order valence-electron chi connectivity index (χ1n) is 9.89. The number of benzene rings is 1. The highest BCUT2D eigenvalue weighted by Gasteiger charge is 2.55. The molecule has 5 atom stereocenters. The summed E-state index contributed by atoms with van der Waals surface area (Å²) in [6, 6.07) is 4.83. The van der Waals surface area contributed by atoms with Crippen molar-refractivity contribution in [3.05, 3.63) is 28.8 Å². The fraction of sp³-hybridized carbons (Fsp3) is 0.727. The van der Waals surface area contributed by atoms with Gasteiger partial charge in [-0.25, -0.2) is 0 Å². The van der Waals surface area contributed by atoms with Crippen molar-refractivity contribution in [2.45, 2.75) is 64.4 Å². The molecule has 1 aromatic rings. The van der Waals surface area contributed by atoms with Crippen LogP contribution in [0.1, 0.15) is 55.7 Å². The van der Waals surface area contributed by atoms with Gasteiger partial charge in [0.15, 0.2) is 0 Å². The molecular weight excluding hydrogens is 296 g/mol. The van der Waals surface area contributed by atoms with Crippen LogP contribution < -0.4 is 4.74 Å². The number of aryl methyl sites for hydroxylation is 2.